The van der Waals surface area contributed by atoms with E-state index in [1.54, 1.807) is 17.1 Å². The fourth-order valence-electron chi connectivity index (χ4n) is 2.80. The molecule has 1 aliphatic carbocycles. The lowest BCUT2D eigenvalue weighted by Crippen LogP contribution is -2.15. The highest BCUT2D eigenvalue weighted by molar-refractivity contribution is 9.10. The summed E-state index contributed by atoms with van der Waals surface area (Å²) in [4.78, 5) is 16.7. The van der Waals surface area contributed by atoms with Crippen LogP contribution in [0.25, 0.3) is 5.82 Å². The second-order valence-corrected chi connectivity index (χ2v) is 6.76. The van der Waals surface area contributed by atoms with Crippen molar-refractivity contribution in [2.24, 2.45) is 5.92 Å². The first-order valence-corrected chi connectivity index (χ1v) is 8.52. The summed E-state index contributed by atoms with van der Waals surface area (Å²) < 4.78 is 2.73. The van der Waals surface area contributed by atoms with E-state index < -0.39 is 0 Å². The van der Waals surface area contributed by atoms with Crippen LogP contribution in [0, 0.1) is 5.92 Å². The molecule has 2 heterocycles. The van der Waals surface area contributed by atoms with Crippen molar-refractivity contribution in [2.75, 3.05) is 5.32 Å². The van der Waals surface area contributed by atoms with Gasteiger partial charge in [-0.1, -0.05) is 28.1 Å². The highest BCUT2D eigenvalue weighted by Crippen LogP contribution is 2.48. The molecule has 24 heavy (non-hydrogen) atoms. The Hall–Kier alpha value is -2.47. The second-order valence-electron chi connectivity index (χ2n) is 5.85. The summed E-state index contributed by atoms with van der Waals surface area (Å²) in [7, 11) is 0. The molecule has 1 saturated carbocycles. The Bertz CT molecular complexity index is 844. The molecule has 0 bridgehead atoms. The number of aromatic nitrogens is 3. The number of nitrogens with one attached hydrogen (secondary N) is 1. The van der Waals surface area contributed by atoms with Gasteiger partial charge in [-0.2, -0.15) is 5.10 Å². The number of pyridine rings is 1. The third kappa shape index (κ3) is 3.10. The zero-order chi connectivity index (χ0) is 16.5. The number of hydrogen-bond donors (Lipinski definition) is 1. The van der Waals surface area contributed by atoms with Crippen LogP contribution in [0.5, 0.6) is 0 Å². The van der Waals surface area contributed by atoms with Crippen LogP contribution < -0.4 is 5.32 Å². The summed E-state index contributed by atoms with van der Waals surface area (Å²) >= 11 is 3.43. The fraction of sp³-hybridized carbons (Fsp3) is 0.167. The van der Waals surface area contributed by atoms with Crippen LogP contribution >= 0.6 is 15.9 Å². The normalized spacial score (nSPS) is 19.0. The van der Waals surface area contributed by atoms with E-state index in [2.05, 4.69) is 43.5 Å². The molecule has 1 amide bonds. The van der Waals surface area contributed by atoms with Crippen LogP contribution in [0.2, 0.25) is 0 Å². The number of benzene rings is 1. The number of anilines is 1. The van der Waals surface area contributed by atoms with Gasteiger partial charge in [-0.15, -0.1) is 0 Å². The maximum absolute atomic E-state index is 12.4. The van der Waals surface area contributed by atoms with Crippen LogP contribution in [0.4, 0.5) is 5.69 Å². The summed E-state index contributed by atoms with van der Waals surface area (Å²) in [6, 6.07) is 13.7. The van der Waals surface area contributed by atoms with Gasteiger partial charge in [-0.25, -0.2) is 9.67 Å². The van der Waals surface area contributed by atoms with Gasteiger partial charge in [0.2, 0.25) is 5.91 Å². The van der Waals surface area contributed by atoms with Crippen molar-refractivity contribution in [1.29, 1.82) is 0 Å². The summed E-state index contributed by atoms with van der Waals surface area (Å²) in [5.74, 6) is 1.13. The molecule has 4 rings (SSSR count). The molecule has 3 aromatic rings. The van der Waals surface area contributed by atoms with E-state index in [1.807, 2.05) is 36.5 Å². The zero-order valence-electron chi connectivity index (χ0n) is 12.8. The lowest BCUT2D eigenvalue weighted by atomic mass is 10.1. The zero-order valence-corrected chi connectivity index (χ0v) is 14.3. The van der Waals surface area contributed by atoms with Crippen molar-refractivity contribution >= 4 is 27.5 Å². The lowest BCUT2D eigenvalue weighted by Gasteiger charge is -2.06. The Morgan fingerprint density at radius 1 is 1.21 bits per heavy atom. The average molecular weight is 383 g/mol. The molecule has 0 spiro atoms. The molecule has 0 radical (unpaired) electrons. The monoisotopic (exact) mass is 382 g/mol. The van der Waals surface area contributed by atoms with Crippen molar-refractivity contribution in [3.05, 3.63) is 71.1 Å². The number of hydrogen-bond acceptors (Lipinski definition) is 3. The standard InChI is InChI=1S/C18H15BrN4O/c19-13-4-2-12(3-5-13)15-10-16(15)18(24)22-14-6-7-17(20-11-14)23-9-1-8-21-23/h1-9,11,15-16H,10H2,(H,22,24). The van der Waals surface area contributed by atoms with E-state index in [-0.39, 0.29) is 11.8 Å². The van der Waals surface area contributed by atoms with Gasteiger partial charge < -0.3 is 5.32 Å². The van der Waals surface area contributed by atoms with E-state index in [0.717, 1.165) is 16.7 Å². The number of halogens is 1. The summed E-state index contributed by atoms with van der Waals surface area (Å²) in [5.41, 5.74) is 1.92. The van der Waals surface area contributed by atoms with Gasteiger partial charge in [0.15, 0.2) is 5.82 Å². The molecule has 2 atom stereocenters. The third-order valence-electron chi connectivity index (χ3n) is 4.18. The summed E-state index contributed by atoms with van der Waals surface area (Å²) in [6.07, 6.45) is 6.08. The van der Waals surface area contributed by atoms with E-state index in [1.165, 1.54) is 5.56 Å². The number of amides is 1. The first kappa shape index (κ1) is 15.1. The van der Waals surface area contributed by atoms with Crippen molar-refractivity contribution in [1.82, 2.24) is 14.8 Å². The van der Waals surface area contributed by atoms with Crippen LogP contribution in [-0.2, 0) is 4.79 Å². The van der Waals surface area contributed by atoms with Gasteiger partial charge in [0.25, 0.3) is 0 Å². The van der Waals surface area contributed by atoms with Crippen LogP contribution in [0.15, 0.2) is 65.5 Å². The van der Waals surface area contributed by atoms with Crippen molar-refractivity contribution in [3.63, 3.8) is 0 Å². The number of carbonyl (C=O) groups is 1. The lowest BCUT2D eigenvalue weighted by molar-refractivity contribution is -0.117. The highest BCUT2D eigenvalue weighted by atomic mass is 79.9. The molecule has 2 unspecified atom stereocenters. The van der Waals surface area contributed by atoms with Crippen molar-refractivity contribution < 1.29 is 4.79 Å². The number of nitrogens with zero attached hydrogens (tertiary/aromatic N) is 3. The maximum atomic E-state index is 12.4. The maximum Gasteiger partial charge on any atom is 0.228 e. The molecule has 120 valence electrons. The number of rotatable bonds is 4. The Morgan fingerprint density at radius 2 is 2.04 bits per heavy atom. The van der Waals surface area contributed by atoms with Gasteiger partial charge in [-0.3, -0.25) is 4.79 Å². The Balaban J connectivity index is 1.39. The van der Waals surface area contributed by atoms with Gasteiger partial charge in [0.05, 0.1) is 11.9 Å². The fourth-order valence-corrected chi connectivity index (χ4v) is 3.06. The van der Waals surface area contributed by atoms with Crippen LogP contribution in [0.3, 0.4) is 0 Å². The van der Waals surface area contributed by atoms with Gasteiger partial charge in [-0.05, 0) is 48.2 Å². The predicted molar refractivity (Wildman–Crippen MR) is 95.0 cm³/mol. The topological polar surface area (TPSA) is 59.8 Å². The Labute approximate surface area is 147 Å². The van der Waals surface area contributed by atoms with E-state index in [9.17, 15) is 4.79 Å². The smallest absolute Gasteiger partial charge is 0.228 e. The van der Waals surface area contributed by atoms with Gasteiger partial charge >= 0.3 is 0 Å². The minimum Gasteiger partial charge on any atom is -0.324 e. The predicted octanol–water partition coefficient (Wildman–Crippen LogP) is 3.77. The molecule has 1 fully saturated rings. The minimum absolute atomic E-state index is 0.0389. The molecule has 1 N–H and O–H groups in total. The molecular weight excluding hydrogens is 368 g/mol. The van der Waals surface area contributed by atoms with Gasteiger partial charge in [0.1, 0.15) is 0 Å². The number of carbonyl (C=O) groups excluding carboxylic acids is 1. The second kappa shape index (κ2) is 6.20. The molecular formula is C18H15BrN4O. The SMILES string of the molecule is O=C(Nc1ccc(-n2cccn2)nc1)C1CC1c1ccc(Br)cc1. The summed E-state index contributed by atoms with van der Waals surface area (Å²) in [5, 5.41) is 7.08. The van der Waals surface area contributed by atoms with Gasteiger partial charge in [0, 0.05) is 22.8 Å². The van der Waals surface area contributed by atoms with E-state index >= 15 is 0 Å². The molecule has 5 nitrogen and oxygen atoms in total. The first-order chi connectivity index (χ1) is 11.7. The van der Waals surface area contributed by atoms with Crippen LogP contribution in [0.1, 0.15) is 17.9 Å². The first-order valence-electron chi connectivity index (χ1n) is 7.73. The van der Waals surface area contributed by atoms with E-state index in [0.29, 0.717) is 11.6 Å². The average Bonchev–Trinajstić information content (AvgIpc) is 3.21. The molecule has 0 aliphatic heterocycles. The molecule has 6 heteroatoms. The quantitative estimate of drug-likeness (QED) is 0.746. The van der Waals surface area contributed by atoms with Crippen LogP contribution in [-0.4, -0.2) is 20.7 Å². The third-order valence-corrected chi connectivity index (χ3v) is 4.71. The largest absolute Gasteiger partial charge is 0.324 e. The molecule has 0 saturated heterocycles. The summed E-state index contributed by atoms with van der Waals surface area (Å²) in [6.45, 7) is 0. The van der Waals surface area contributed by atoms with Crippen molar-refractivity contribution in [2.45, 2.75) is 12.3 Å². The Kier molecular flexibility index (Phi) is 3.90. The highest BCUT2D eigenvalue weighted by Gasteiger charge is 2.43. The Morgan fingerprint density at radius 3 is 2.71 bits per heavy atom. The molecule has 1 aromatic carbocycles. The minimum atomic E-state index is 0.0389. The molecule has 2 aromatic heterocycles. The van der Waals surface area contributed by atoms with E-state index in [4.69, 9.17) is 0 Å². The molecule has 1 aliphatic rings. The van der Waals surface area contributed by atoms with Crippen molar-refractivity contribution in [3.8, 4) is 5.82 Å².